The molecule has 0 spiro atoms. The summed E-state index contributed by atoms with van der Waals surface area (Å²) in [7, 11) is 1.10. The van der Waals surface area contributed by atoms with Gasteiger partial charge < -0.3 is 35.6 Å². The lowest BCUT2D eigenvalue weighted by Gasteiger charge is -2.36. The lowest BCUT2D eigenvalue weighted by atomic mass is 9.92. The van der Waals surface area contributed by atoms with Gasteiger partial charge in [0.15, 0.2) is 23.3 Å². The minimum atomic E-state index is -2.75. The molecule has 0 amide bonds. The van der Waals surface area contributed by atoms with Gasteiger partial charge in [0.1, 0.15) is 11.6 Å². The van der Waals surface area contributed by atoms with E-state index in [1.807, 2.05) is 5.92 Å². The van der Waals surface area contributed by atoms with Crippen molar-refractivity contribution in [2.45, 2.75) is 30.0 Å². The molecule has 0 bridgehead atoms. The molecule has 3 rings (SSSR count). The second kappa shape index (κ2) is 10.4. The van der Waals surface area contributed by atoms with Crippen molar-refractivity contribution in [3.05, 3.63) is 47.5 Å². The molecule has 0 saturated heterocycles. The summed E-state index contributed by atoms with van der Waals surface area (Å²) in [4.78, 5) is 35.8. The molecule has 0 fully saturated rings. The third kappa shape index (κ3) is 4.81. The van der Waals surface area contributed by atoms with Gasteiger partial charge in [-0.3, -0.25) is 4.57 Å². The van der Waals surface area contributed by atoms with Crippen LogP contribution in [-0.2, 0) is 25.5 Å². The summed E-state index contributed by atoms with van der Waals surface area (Å²) >= 11 is 5.84. The lowest BCUT2D eigenvalue weighted by Crippen LogP contribution is -2.56. The molecule has 0 aliphatic rings. The maximum atomic E-state index is 12.1. The minimum Gasteiger partial charge on any atom is -0.479 e. The van der Waals surface area contributed by atoms with E-state index in [1.54, 1.807) is 18.2 Å². The molecule has 3 atom stereocenters. The van der Waals surface area contributed by atoms with E-state index in [0.29, 0.717) is 5.56 Å². The van der Waals surface area contributed by atoms with Crippen LogP contribution < -0.4 is 5.73 Å². The van der Waals surface area contributed by atoms with Crippen molar-refractivity contribution < 1.29 is 39.5 Å². The highest BCUT2D eigenvalue weighted by atomic mass is 35.5. The topological polar surface area (TPSA) is 203 Å². The maximum absolute atomic E-state index is 12.1. The second-order valence-corrected chi connectivity index (χ2v) is 8.02. The van der Waals surface area contributed by atoms with Crippen molar-refractivity contribution >= 4 is 40.5 Å². The standard InChI is InChI=1S/C22H22ClN5O8/c1-3-21(34,17(29)28-11-25-14-15(24)26-20(23)27-16(14)28)13(35-2)10-36-22(18(30)31,19(32)33)9-12-7-5-4-6-8-12/h1,4-8,11,13,17,29,34H,9-10H2,2H3,(H,30,31)(H,32,33)(H2,24,26,27)/t13-,17-,21-/m1/s1. The third-order valence-corrected chi connectivity index (χ3v) is 5.72. The van der Waals surface area contributed by atoms with Crippen LogP contribution in [0.1, 0.15) is 11.8 Å². The van der Waals surface area contributed by atoms with E-state index in [2.05, 4.69) is 15.0 Å². The van der Waals surface area contributed by atoms with Crippen LogP contribution in [0, 0.1) is 12.3 Å². The first-order valence-corrected chi connectivity index (χ1v) is 10.6. The molecule has 2 aromatic heterocycles. The second-order valence-electron chi connectivity index (χ2n) is 7.68. The van der Waals surface area contributed by atoms with Crippen molar-refractivity contribution in [2.75, 3.05) is 19.5 Å². The van der Waals surface area contributed by atoms with Gasteiger partial charge in [0.25, 0.3) is 5.60 Å². The number of nitrogens with two attached hydrogens (primary N) is 1. The summed E-state index contributed by atoms with van der Waals surface area (Å²) in [6.45, 7) is -0.843. The number of rotatable bonds is 11. The quantitative estimate of drug-likeness (QED) is 0.130. The predicted octanol–water partition coefficient (Wildman–Crippen LogP) is 0.0994. The van der Waals surface area contributed by atoms with Gasteiger partial charge in [-0.05, 0) is 17.2 Å². The molecular weight excluding hydrogens is 498 g/mol. The van der Waals surface area contributed by atoms with Gasteiger partial charge in [-0.25, -0.2) is 14.6 Å². The summed E-state index contributed by atoms with van der Waals surface area (Å²) < 4.78 is 11.5. The fraction of sp³-hybridized carbons (Fsp3) is 0.318. The first kappa shape index (κ1) is 26.8. The first-order chi connectivity index (χ1) is 17.0. The van der Waals surface area contributed by atoms with Crippen molar-refractivity contribution in [1.82, 2.24) is 19.5 Å². The number of fused-ring (bicyclic) bond motifs is 1. The van der Waals surface area contributed by atoms with Crippen molar-refractivity contribution in [2.24, 2.45) is 0 Å². The van der Waals surface area contributed by atoms with E-state index < -0.39 is 48.5 Å². The largest absolute Gasteiger partial charge is 0.479 e. The normalized spacial score (nSPS) is 15.1. The van der Waals surface area contributed by atoms with E-state index in [1.165, 1.54) is 12.1 Å². The SMILES string of the molecule is C#C[C@@](O)([C@@H](COC(Cc1ccccc1)(C(=O)O)C(=O)O)OC)[C@@H](O)n1cnc2c(N)nc(Cl)nc21. The Labute approximate surface area is 209 Å². The van der Waals surface area contributed by atoms with Gasteiger partial charge >= 0.3 is 11.9 Å². The number of carbonyl (C=O) groups is 2. The Morgan fingerprint density at radius 3 is 2.44 bits per heavy atom. The number of nitrogen functional groups attached to an aromatic ring is 1. The van der Waals surface area contributed by atoms with E-state index >= 15 is 0 Å². The summed E-state index contributed by atoms with van der Waals surface area (Å²) in [5.74, 6) is -1.67. The molecule has 1 aromatic carbocycles. The number of nitrogens with zero attached hydrogens (tertiary/aromatic N) is 4. The molecule has 14 heteroatoms. The number of aliphatic carboxylic acids is 2. The van der Waals surface area contributed by atoms with E-state index in [-0.39, 0.29) is 22.3 Å². The average molecular weight is 520 g/mol. The number of ether oxygens (including phenoxy) is 2. The fourth-order valence-electron chi connectivity index (χ4n) is 3.53. The number of aromatic nitrogens is 4. The summed E-state index contributed by atoms with van der Waals surface area (Å²) in [6, 6.07) is 7.94. The van der Waals surface area contributed by atoms with Gasteiger partial charge in [0.2, 0.25) is 5.28 Å². The Morgan fingerprint density at radius 2 is 1.89 bits per heavy atom. The Bertz CT molecular complexity index is 1300. The number of hydrogen-bond donors (Lipinski definition) is 5. The van der Waals surface area contributed by atoms with Crippen LogP contribution in [0.5, 0.6) is 0 Å². The minimum absolute atomic E-state index is 0.0571. The molecule has 13 nitrogen and oxygen atoms in total. The number of hydrogen-bond acceptors (Lipinski definition) is 10. The summed E-state index contributed by atoms with van der Waals surface area (Å²) in [5, 5.41) is 41.5. The molecule has 190 valence electrons. The zero-order valence-corrected chi connectivity index (χ0v) is 19.5. The van der Waals surface area contributed by atoms with E-state index in [9.17, 15) is 30.0 Å². The highest BCUT2D eigenvalue weighted by molar-refractivity contribution is 6.28. The molecular formula is C22H22ClN5O8. The zero-order chi connectivity index (χ0) is 26.7. The van der Waals surface area contributed by atoms with Gasteiger partial charge in [-0.1, -0.05) is 36.3 Å². The van der Waals surface area contributed by atoms with Gasteiger partial charge in [0, 0.05) is 13.5 Å². The molecule has 0 unspecified atom stereocenters. The highest BCUT2D eigenvalue weighted by Crippen LogP contribution is 2.31. The van der Waals surface area contributed by atoms with Gasteiger partial charge in [-0.2, -0.15) is 9.97 Å². The predicted molar refractivity (Wildman–Crippen MR) is 125 cm³/mol. The van der Waals surface area contributed by atoms with Crippen LogP contribution >= 0.6 is 11.6 Å². The molecule has 3 aromatic rings. The number of aliphatic hydroxyl groups excluding tert-OH is 1. The Balaban J connectivity index is 1.95. The number of halogens is 1. The first-order valence-electron chi connectivity index (χ1n) is 10.2. The molecule has 36 heavy (non-hydrogen) atoms. The number of anilines is 1. The van der Waals surface area contributed by atoms with Crippen LogP contribution in [-0.4, -0.2) is 82.9 Å². The average Bonchev–Trinajstić information content (AvgIpc) is 3.27. The Hall–Kier alpha value is -3.80. The number of methoxy groups -OCH3 is 1. The number of carboxylic acid groups (broad SMARTS) is 2. The fourth-order valence-corrected chi connectivity index (χ4v) is 3.70. The zero-order valence-electron chi connectivity index (χ0n) is 18.8. The van der Waals surface area contributed by atoms with Crippen molar-refractivity contribution in [1.29, 1.82) is 0 Å². The number of imidazole rings is 1. The van der Waals surface area contributed by atoms with Crippen molar-refractivity contribution in [3.63, 3.8) is 0 Å². The maximum Gasteiger partial charge on any atom is 0.348 e. The van der Waals surface area contributed by atoms with Gasteiger partial charge in [-0.15, -0.1) is 6.42 Å². The number of benzene rings is 1. The van der Waals surface area contributed by atoms with Crippen molar-refractivity contribution in [3.8, 4) is 12.3 Å². The van der Waals surface area contributed by atoms with Gasteiger partial charge in [0.05, 0.1) is 12.9 Å². The number of carboxylic acids is 2. The van der Waals surface area contributed by atoms with Crippen LogP contribution in [0.25, 0.3) is 11.2 Å². The summed E-state index contributed by atoms with van der Waals surface area (Å²) in [6.07, 6.45) is 2.43. The Morgan fingerprint density at radius 1 is 1.25 bits per heavy atom. The smallest absolute Gasteiger partial charge is 0.348 e. The highest BCUT2D eigenvalue weighted by Gasteiger charge is 2.51. The monoisotopic (exact) mass is 519 g/mol. The van der Waals surface area contributed by atoms with Crippen LogP contribution in [0.2, 0.25) is 5.28 Å². The van der Waals surface area contributed by atoms with E-state index in [0.717, 1.165) is 18.0 Å². The molecule has 6 N–H and O–H groups in total. The van der Waals surface area contributed by atoms with Crippen LogP contribution in [0.3, 0.4) is 0 Å². The third-order valence-electron chi connectivity index (χ3n) is 5.55. The molecule has 0 aliphatic carbocycles. The van der Waals surface area contributed by atoms with Crippen LogP contribution in [0.4, 0.5) is 5.82 Å². The molecule has 0 radical (unpaired) electrons. The van der Waals surface area contributed by atoms with E-state index in [4.69, 9.17) is 33.2 Å². The number of aliphatic hydroxyl groups is 2. The Kier molecular flexibility index (Phi) is 7.77. The lowest BCUT2D eigenvalue weighted by molar-refractivity contribution is -0.202. The molecule has 2 heterocycles. The molecule has 0 aliphatic heterocycles. The molecule has 0 saturated carbocycles. The van der Waals surface area contributed by atoms with Crippen LogP contribution in [0.15, 0.2) is 36.7 Å². The summed E-state index contributed by atoms with van der Waals surface area (Å²) in [5.41, 5.74) is 0.764. The number of terminal acetylenes is 1.